The third-order valence-electron chi connectivity index (χ3n) is 5.62. The second kappa shape index (κ2) is 10.3. The van der Waals surface area contributed by atoms with Crippen molar-refractivity contribution in [2.24, 2.45) is 4.99 Å². The molecule has 0 amide bonds. The maximum atomic E-state index is 4.54. The molecule has 2 aromatic heterocycles. The fraction of sp³-hybridized carbons (Fsp3) is 0.550. The predicted molar refractivity (Wildman–Crippen MR) is 133 cm³/mol. The highest BCUT2D eigenvalue weighted by Crippen LogP contribution is 2.25. The second-order valence-corrected chi connectivity index (χ2v) is 9.22. The Balaban J connectivity index is 0.00000225. The third-order valence-corrected chi connectivity index (χ3v) is 7.58. The van der Waals surface area contributed by atoms with Crippen LogP contribution in [0.5, 0.6) is 0 Å². The van der Waals surface area contributed by atoms with Gasteiger partial charge in [-0.15, -0.1) is 46.7 Å². The van der Waals surface area contributed by atoms with Gasteiger partial charge in [-0.25, -0.2) is 0 Å². The molecular formula is C20H30IN5S2. The van der Waals surface area contributed by atoms with Crippen LogP contribution < -0.4 is 10.2 Å². The summed E-state index contributed by atoms with van der Waals surface area (Å²) in [6.07, 6.45) is 1.19. The van der Waals surface area contributed by atoms with Crippen molar-refractivity contribution >= 4 is 57.6 Å². The Labute approximate surface area is 193 Å². The van der Waals surface area contributed by atoms with Crippen LogP contribution in [0.15, 0.2) is 34.0 Å². The van der Waals surface area contributed by atoms with Crippen molar-refractivity contribution in [2.75, 3.05) is 51.2 Å². The quantitative estimate of drug-likeness (QED) is 0.372. The minimum atomic E-state index is 0. The average Bonchev–Trinajstić information content (AvgIpc) is 3.40. The first-order valence-corrected chi connectivity index (χ1v) is 11.5. The van der Waals surface area contributed by atoms with Crippen LogP contribution in [0.2, 0.25) is 0 Å². The van der Waals surface area contributed by atoms with E-state index in [9.17, 15) is 0 Å². The van der Waals surface area contributed by atoms with Gasteiger partial charge in [0.2, 0.25) is 0 Å². The Morgan fingerprint density at radius 3 is 2.68 bits per heavy atom. The van der Waals surface area contributed by atoms with Crippen LogP contribution in [0.25, 0.3) is 0 Å². The highest BCUT2D eigenvalue weighted by Gasteiger charge is 2.23. The number of hydrogen-bond donors (Lipinski definition) is 1. The highest BCUT2D eigenvalue weighted by atomic mass is 127. The normalized spacial score (nSPS) is 19.1. The number of nitrogens with zero attached hydrogens (tertiary/aromatic N) is 4. The first-order valence-electron chi connectivity index (χ1n) is 9.78. The summed E-state index contributed by atoms with van der Waals surface area (Å²) in [5.41, 5.74) is 1.52. The molecular weight excluding hydrogens is 501 g/mol. The van der Waals surface area contributed by atoms with Crippen LogP contribution in [-0.2, 0) is 13.0 Å². The van der Waals surface area contributed by atoms with E-state index in [1.54, 1.807) is 4.88 Å². The maximum absolute atomic E-state index is 4.54. The lowest BCUT2D eigenvalue weighted by Gasteiger charge is -2.38. The smallest absolute Gasteiger partial charge is 0.193 e. The van der Waals surface area contributed by atoms with E-state index in [4.69, 9.17) is 0 Å². The van der Waals surface area contributed by atoms with Gasteiger partial charge in [0, 0.05) is 63.8 Å². The summed E-state index contributed by atoms with van der Waals surface area (Å²) in [5, 5.41) is 9.39. The van der Waals surface area contributed by atoms with Crippen LogP contribution in [-0.4, -0.2) is 68.1 Å². The van der Waals surface area contributed by atoms with Crippen molar-refractivity contribution in [2.45, 2.75) is 25.9 Å². The SMILES string of the molecule is CN=C(NCC(C)N1CCc2sccc2C1)N1CCN(c2cccs2)CC1.I. The van der Waals surface area contributed by atoms with Gasteiger partial charge in [0.25, 0.3) is 0 Å². The number of halogens is 1. The third kappa shape index (κ3) is 5.01. The molecule has 1 fully saturated rings. The zero-order valence-electron chi connectivity index (χ0n) is 16.6. The maximum Gasteiger partial charge on any atom is 0.193 e. The monoisotopic (exact) mass is 531 g/mol. The van der Waals surface area contributed by atoms with Crippen LogP contribution in [0.4, 0.5) is 5.00 Å². The minimum absolute atomic E-state index is 0. The van der Waals surface area contributed by atoms with E-state index in [0.29, 0.717) is 6.04 Å². The summed E-state index contributed by atoms with van der Waals surface area (Å²) in [5.74, 6) is 1.04. The number of hydrogen-bond acceptors (Lipinski definition) is 5. The highest BCUT2D eigenvalue weighted by molar-refractivity contribution is 14.0. The number of anilines is 1. The molecule has 1 unspecified atom stereocenters. The molecule has 2 aliphatic rings. The molecule has 0 aliphatic carbocycles. The number of guanidine groups is 1. The fourth-order valence-corrected chi connectivity index (χ4v) is 5.61. The van der Waals surface area contributed by atoms with E-state index >= 15 is 0 Å². The van der Waals surface area contributed by atoms with Crippen LogP contribution >= 0.6 is 46.7 Å². The van der Waals surface area contributed by atoms with Crippen molar-refractivity contribution in [1.29, 1.82) is 0 Å². The molecule has 2 aromatic rings. The van der Waals surface area contributed by atoms with Gasteiger partial charge in [-0.05, 0) is 47.9 Å². The lowest BCUT2D eigenvalue weighted by molar-refractivity contribution is 0.191. The molecule has 4 rings (SSSR count). The molecule has 0 spiro atoms. The lowest BCUT2D eigenvalue weighted by Crippen LogP contribution is -2.54. The Morgan fingerprint density at radius 1 is 1.14 bits per heavy atom. The first kappa shape index (κ1) is 21.9. The number of piperazine rings is 1. The number of nitrogens with one attached hydrogen (secondary N) is 1. The Bertz CT molecular complexity index is 752. The zero-order chi connectivity index (χ0) is 18.6. The number of fused-ring (bicyclic) bond motifs is 1. The molecule has 2 aliphatic heterocycles. The van der Waals surface area contributed by atoms with Gasteiger partial charge in [0.15, 0.2) is 5.96 Å². The average molecular weight is 532 g/mol. The van der Waals surface area contributed by atoms with Crippen molar-refractivity contribution < 1.29 is 0 Å². The molecule has 0 saturated carbocycles. The lowest BCUT2D eigenvalue weighted by atomic mass is 10.1. The van der Waals surface area contributed by atoms with Crippen LogP contribution in [0.3, 0.4) is 0 Å². The predicted octanol–water partition coefficient (Wildman–Crippen LogP) is 3.57. The van der Waals surface area contributed by atoms with Crippen molar-refractivity contribution in [3.05, 3.63) is 39.4 Å². The molecule has 5 nitrogen and oxygen atoms in total. The molecule has 28 heavy (non-hydrogen) atoms. The number of rotatable bonds is 4. The molecule has 8 heteroatoms. The Morgan fingerprint density at radius 2 is 1.96 bits per heavy atom. The molecule has 4 heterocycles. The standard InChI is InChI=1S/C20H29N5S2.HI/c1-16(25-7-5-18-17(15-25)6-13-26-18)14-22-20(21-2)24-10-8-23(9-11-24)19-4-3-12-27-19;/h3-4,6,12-13,16H,5,7-11,14-15H2,1-2H3,(H,21,22);1H. The zero-order valence-corrected chi connectivity index (χ0v) is 20.6. The summed E-state index contributed by atoms with van der Waals surface area (Å²) >= 11 is 3.73. The molecule has 0 radical (unpaired) electrons. The largest absolute Gasteiger partial charge is 0.360 e. The van der Waals surface area contributed by atoms with Gasteiger partial charge >= 0.3 is 0 Å². The van der Waals surface area contributed by atoms with Crippen molar-refractivity contribution in [1.82, 2.24) is 15.1 Å². The summed E-state index contributed by atoms with van der Waals surface area (Å²) in [4.78, 5) is 13.6. The van der Waals surface area contributed by atoms with Crippen LogP contribution in [0, 0.1) is 0 Å². The molecule has 0 bridgehead atoms. The molecule has 1 saturated heterocycles. The topological polar surface area (TPSA) is 34.1 Å². The summed E-state index contributed by atoms with van der Waals surface area (Å²) < 4.78 is 0. The fourth-order valence-electron chi connectivity index (χ4n) is 3.94. The van der Waals surface area contributed by atoms with E-state index < -0.39 is 0 Å². The number of thiophene rings is 2. The van der Waals surface area contributed by atoms with Crippen molar-refractivity contribution in [3.8, 4) is 0 Å². The van der Waals surface area contributed by atoms with E-state index in [2.05, 4.69) is 60.9 Å². The Kier molecular flexibility index (Phi) is 8.02. The van der Waals surface area contributed by atoms with Gasteiger partial charge in [0.05, 0.1) is 5.00 Å². The van der Waals surface area contributed by atoms with Crippen LogP contribution in [0.1, 0.15) is 17.4 Å². The van der Waals surface area contributed by atoms with E-state index in [-0.39, 0.29) is 24.0 Å². The summed E-state index contributed by atoms with van der Waals surface area (Å²) in [6.45, 7) is 9.67. The van der Waals surface area contributed by atoms with Gasteiger partial charge in [-0.2, -0.15) is 0 Å². The number of aliphatic imine (C=N–C) groups is 1. The van der Waals surface area contributed by atoms with Gasteiger partial charge < -0.3 is 15.1 Å². The molecule has 1 N–H and O–H groups in total. The van der Waals surface area contributed by atoms with Gasteiger partial charge in [-0.1, -0.05) is 0 Å². The van der Waals surface area contributed by atoms with E-state index in [1.807, 2.05) is 29.7 Å². The molecule has 154 valence electrons. The second-order valence-electron chi connectivity index (χ2n) is 7.29. The van der Waals surface area contributed by atoms with Gasteiger partial charge in [0.1, 0.15) is 0 Å². The van der Waals surface area contributed by atoms with E-state index in [1.165, 1.54) is 17.0 Å². The van der Waals surface area contributed by atoms with E-state index in [0.717, 1.165) is 51.8 Å². The molecule has 1 atom stereocenters. The van der Waals surface area contributed by atoms with Crippen molar-refractivity contribution in [3.63, 3.8) is 0 Å². The van der Waals surface area contributed by atoms with Gasteiger partial charge in [-0.3, -0.25) is 9.89 Å². The summed E-state index contributed by atoms with van der Waals surface area (Å²) in [7, 11) is 1.90. The molecule has 0 aromatic carbocycles. The minimum Gasteiger partial charge on any atom is -0.360 e. The Hall–Kier alpha value is -0.840. The summed E-state index contributed by atoms with van der Waals surface area (Å²) in [6, 6.07) is 7.14. The first-order chi connectivity index (χ1) is 13.2.